The first-order valence-electron chi connectivity index (χ1n) is 5.18. The Kier molecular flexibility index (Phi) is 8.25. The molecule has 1 heteroatoms. The minimum Gasteiger partial charge on any atom is -0.388 e. The van der Waals surface area contributed by atoms with Gasteiger partial charge in [-0.3, -0.25) is 0 Å². The predicted octanol–water partition coefficient (Wildman–Crippen LogP) is 3.54. The number of hydrogen-bond acceptors (Lipinski definition) is 1. The third-order valence-corrected chi connectivity index (χ3v) is 2.12. The van der Waals surface area contributed by atoms with Crippen LogP contribution in [0, 0.1) is 5.92 Å². The van der Waals surface area contributed by atoms with E-state index in [4.69, 9.17) is 0 Å². The van der Waals surface area contributed by atoms with E-state index in [2.05, 4.69) is 48.9 Å². The summed E-state index contributed by atoms with van der Waals surface area (Å²) in [6.45, 7) is 4.54. The van der Waals surface area contributed by atoms with Crippen LogP contribution in [0.15, 0.2) is 30.3 Å². The highest BCUT2D eigenvalue weighted by Gasteiger charge is 1.98. The zero-order valence-electron chi connectivity index (χ0n) is 9.79. The molecule has 0 N–H and O–H groups in total. The maximum atomic E-state index is 4.25. The van der Waals surface area contributed by atoms with Crippen molar-refractivity contribution in [2.45, 2.75) is 26.7 Å². The number of hydrogen-bond donors (Lipinski definition) is 0. The Bertz CT molecular complexity index is 206. The van der Waals surface area contributed by atoms with E-state index in [1.54, 1.807) is 14.2 Å². The Morgan fingerprint density at radius 3 is 2.07 bits per heavy atom. The molecule has 0 fully saturated rings. The van der Waals surface area contributed by atoms with Crippen LogP contribution in [0.2, 0.25) is 0 Å². The lowest BCUT2D eigenvalue weighted by molar-refractivity contribution is 0.277. The Labute approximate surface area is 88.1 Å². The fourth-order valence-corrected chi connectivity index (χ4v) is 1.16. The molecule has 1 aromatic carbocycles. The monoisotopic (exact) mass is 194 g/mol. The second-order valence-corrected chi connectivity index (χ2v) is 3.61. The third kappa shape index (κ3) is 6.67. The Balaban J connectivity index is 0.000000500. The molecule has 1 nitrogen and oxygen atoms in total. The second-order valence-electron chi connectivity index (χ2n) is 3.61. The van der Waals surface area contributed by atoms with Crippen LogP contribution in [0.25, 0.3) is 0 Å². The molecule has 1 rings (SSSR count). The molecular formula is C13H22O. The van der Waals surface area contributed by atoms with Gasteiger partial charge in [0.2, 0.25) is 0 Å². The maximum absolute atomic E-state index is 4.25. The summed E-state index contributed by atoms with van der Waals surface area (Å²) >= 11 is 0. The quantitative estimate of drug-likeness (QED) is 0.715. The maximum Gasteiger partial charge on any atom is 0.0351 e. The van der Waals surface area contributed by atoms with E-state index >= 15 is 0 Å². The molecule has 1 atom stereocenters. The molecule has 0 aliphatic carbocycles. The standard InChI is InChI=1S/C11H16.C2H6O/c1-3-10(2)9-11-7-5-4-6-8-11;1-3-2/h4-8,10H,3,9H2,1-2H3;1-2H3. The molecule has 0 aliphatic heterocycles. The van der Waals surface area contributed by atoms with Crippen LogP contribution in [-0.4, -0.2) is 14.2 Å². The first-order valence-corrected chi connectivity index (χ1v) is 5.18. The minimum atomic E-state index is 0.817. The zero-order valence-corrected chi connectivity index (χ0v) is 9.79. The lowest BCUT2D eigenvalue weighted by Gasteiger charge is -2.06. The van der Waals surface area contributed by atoms with E-state index < -0.39 is 0 Å². The number of benzene rings is 1. The van der Waals surface area contributed by atoms with Crippen LogP contribution in [0.4, 0.5) is 0 Å². The van der Waals surface area contributed by atoms with Crippen LogP contribution in [-0.2, 0) is 11.2 Å². The molecule has 0 heterocycles. The van der Waals surface area contributed by atoms with Crippen LogP contribution in [0.1, 0.15) is 25.8 Å². The lowest BCUT2D eigenvalue weighted by atomic mass is 9.99. The van der Waals surface area contributed by atoms with Crippen LogP contribution in [0.3, 0.4) is 0 Å². The van der Waals surface area contributed by atoms with Crippen molar-refractivity contribution in [2.75, 3.05) is 14.2 Å². The van der Waals surface area contributed by atoms with Crippen molar-refractivity contribution in [2.24, 2.45) is 5.92 Å². The van der Waals surface area contributed by atoms with E-state index in [-0.39, 0.29) is 0 Å². The minimum absolute atomic E-state index is 0.817. The molecule has 14 heavy (non-hydrogen) atoms. The van der Waals surface area contributed by atoms with Crippen molar-refractivity contribution in [1.82, 2.24) is 0 Å². The molecule has 0 amide bonds. The number of ether oxygens (including phenoxy) is 1. The largest absolute Gasteiger partial charge is 0.388 e. The number of rotatable bonds is 3. The highest BCUT2D eigenvalue weighted by atomic mass is 16.4. The van der Waals surface area contributed by atoms with E-state index in [9.17, 15) is 0 Å². The van der Waals surface area contributed by atoms with Gasteiger partial charge in [0.25, 0.3) is 0 Å². The molecule has 0 radical (unpaired) electrons. The van der Waals surface area contributed by atoms with Crippen molar-refractivity contribution >= 4 is 0 Å². The van der Waals surface area contributed by atoms with Gasteiger partial charge in [0.1, 0.15) is 0 Å². The zero-order chi connectivity index (χ0) is 10.8. The molecular weight excluding hydrogens is 172 g/mol. The molecule has 0 spiro atoms. The first-order chi connectivity index (χ1) is 6.74. The Morgan fingerprint density at radius 1 is 1.14 bits per heavy atom. The van der Waals surface area contributed by atoms with Gasteiger partial charge < -0.3 is 4.74 Å². The summed E-state index contributed by atoms with van der Waals surface area (Å²) in [5, 5.41) is 0. The van der Waals surface area contributed by atoms with Gasteiger partial charge in [0.15, 0.2) is 0 Å². The average molecular weight is 194 g/mol. The van der Waals surface area contributed by atoms with Crippen LogP contribution in [0.5, 0.6) is 0 Å². The fraction of sp³-hybridized carbons (Fsp3) is 0.538. The summed E-state index contributed by atoms with van der Waals surface area (Å²) in [6.07, 6.45) is 2.49. The molecule has 80 valence electrons. The van der Waals surface area contributed by atoms with Gasteiger partial charge in [-0.15, -0.1) is 0 Å². The van der Waals surface area contributed by atoms with Crippen LogP contribution < -0.4 is 0 Å². The van der Waals surface area contributed by atoms with Crippen molar-refractivity contribution < 1.29 is 4.74 Å². The fourth-order valence-electron chi connectivity index (χ4n) is 1.16. The number of methoxy groups -OCH3 is 1. The normalized spacial score (nSPS) is 11.4. The Morgan fingerprint density at radius 2 is 1.64 bits per heavy atom. The van der Waals surface area contributed by atoms with Gasteiger partial charge in [-0.05, 0) is 17.9 Å². The molecule has 0 bridgehead atoms. The molecule has 1 aromatic rings. The topological polar surface area (TPSA) is 9.23 Å². The SMILES string of the molecule is CCC(C)Cc1ccccc1.COC. The van der Waals surface area contributed by atoms with Crippen molar-refractivity contribution in [3.8, 4) is 0 Å². The van der Waals surface area contributed by atoms with Crippen molar-refractivity contribution in [1.29, 1.82) is 0 Å². The van der Waals surface area contributed by atoms with Gasteiger partial charge in [-0.25, -0.2) is 0 Å². The summed E-state index contributed by atoms with van der Waals surface area (Å²) in [6, 6.07) is 10.7. The van der Waals surface area contributed by atoms with E-state index in [1.165, 1.54) is 18.4 Å². The van der Waals surface area contributed by atoms with Crippen molar-refractivity contribution in [3.05, 3.63) is 35.9 Å². The molecule has 0 saturated heterocycles. The Hall–Kier alpha value is -0.820. The van der Waals surface area contributed by atoms with Gasteiger partial charge in [-0.2, -0.15) is 0 Å². The summed E-state index contributed by atoms with van der Waals surface area (Å²) in [4.78, 5) is 0. The van der Waals surface area contributed by atoms with Gasteiger partial charge in [0, 0.05) is 14.2 Å². The molecule has 0 aliphatic rings. The van der Waals surface area contributed by atoms with E-state index in [1.807, 2.05) is 0 Å². The third-order valence-electron chi connectivity index (χ3n) is 2.12. The highest BCUT2D eigenvalue weighted by molar-refractivity contribution is 5.14. The highest BCUT2D eigenvalue weighted by Crippen LogP contribution is 2.10. The van der Waals surface area contributed by atoms with Gasteiger partial charge in [0.05, 0.1) is 0 Å². The van der Waals surface area contributed by atoms with Gasteiger partial charge >= 0.3 is 0 Å². The van der Waals surface area contributed by atoms with Crippen LogP contribution >= 0.6 is 0 Å². The first kappa shape index (κ1) is 13.2. The molecule has 0 aromatic heterocycles. The average Bonchev–Trinajstić information content (AvgIpc) is 2.20. The van der Waals surface area contributed by atoms with Gasteiger partial charge in [-0.1, -0.05) is 50.6 Å². The van der Waals surface area contributed by atoms with Crippen molar-refractivity contribution in [3.63, 3.8) is 0 Å². The summed E-state index contributed by atoms with van der Waals surface area (Å²) in [5.74, 6) is 0.817. The smallest absolute Gasteiger partial charge is 0.0351 e. The summed E-state index contributed by atoms with van der Waals surface area (Å²) < 4.78 is 4.25. The second kappa shape index (κ2) is 8.76. The van der Waals surface area contributed by atoms with E-state index in [0.717, 1.165) is 5.92 Å². The molecule has 0 saturated carbocycles. The summed E-state index contributed by atoms with van der Waals surface area (Å²) in [7, 11) is 3.25. The predicted molar refractivity (Wildman–Crippen MR) is 62.5 cm³/mol. The van der Waals surface area contributed by atoms with E-state index in [0.29, 0.717) is 0 Å². The lowest BCUT2D eigenvalue weighted by Crippen LogP contribution is -1.96. The summed E-state index contributed by atoms with van der Waals surface area (Å²) in [5.41, 5.74) is 1.46. The molecule has 1 unspecified atom stereocenters.